The number of anilines is 1. The molecule has 0 atom stereocenters. The molecule has 1 aliphatic carbocycles. The summed E-state index contributed by atoms with van der Waals surface area (Å²) in [5, 5.41) is 16.3. The lowest BCUT2D eigenvalue weighted by atomic mass is 9.95. The van der Waals surface area contributed by atoms with Gasteiger partial charge >= 0.3 is 0 Å². The van der Waals surface area contributed by atoms with E-state index in [0.29, 0.717) is 34.1 Å². The van der Waals surface area contributed by atoms with E-state index in [4.69, 9.17) is 5.26 Å². The minimum Gasteiger partial charge on any atom is -0.379 e. The molecule has 7 heteroatoms. The zero-order chi connectivity index (χ0) is 20.9. The van der Waals surface area contributed by atoms with Crippen LogP contribution in [0.25, 0.3) is 10.9 Å². The maximum absolute atomic E-state index is 13.1. The van der Waals surface area contributed by atoms with Crippen LogP contribution in [0.1, 0.15) is 53.7 Å². The number of nitrogens with one attached hydrogen (secondary N) is 2. The summed E-state index contributed by atoms with van der Waals surface area (Å²) in [6.07, 6.45) is 7.53. The fourth-order valence-corrected chi connectivity index (χ4v) is 4.31. The molecule has 4 rings (SSSR count). The summed E-state index contributed by atoms with van der Waals surface area (Å²) in [4.78, 5) is 22.2. The van der Waals surface area contributed by atoms with Crippen molar-refractivity contribution in [1.29, 1.82) is 5.26 Å². The summed E-state index contributed by atoms with van der Waals surface area (Å²) >= 11 is 3.50. The highest BCUT2D eigenvalue weighted by Gasteiger charge is 2.23. The lowest BCUT2D eigenvalue weighted by Crippen LogP contribution is -2.28. The molecule has 2 heterocycles. The number of benzene rings is 1. The van der Waals surface area contributed by atoms with Crippen molar-refractivity contribution in [3.8, 4) is 6.07 Å². The van der Waals surface area contributed by atoms with Crippen molar-refractivity contribution < 1.29 is 4.79 Å². The van der Waals surface area contributed by atoms with Crippen LogP contribution in [0.4, 0.5) is 5.69 Å². The Labute approximate surface area is 183 Å². The van der Waals surface area contributed by atoms with Crippen molar-refractivity contribution in [2.24, 2.45) is 0 Å². The van der Waals surface area contributed by atoms with Gasteiger partial charge in [-0.15, -0.1) is 0 Å². The smallest absolute Gasteiger partial charge is 0.272 e. The number of nitriles is 1. The molecule has 0 aliphatic heterocycles. The number of rotatable bonds is 5. The molecule has 6 nitrogen and oxygen atoms in total. The van der Waals surface area contributed by atoms with Crippen LogP contribution < -0.4 is 10.6 Å². The first-order valence-electron chi connectivity index (χ1n) is 10.1. The maximum atomic E-state index is 13.1. The van der Waals surface area contributed by atoms with Gasteiger partial charge in [0, 0.05) is 24.2 Å². The lowest BCUT2D eigenvalue weighted by molar-refractivity contribution is 0.0946. The van der Waals surface area contributed by atoms with Gasteiger partial charge in [-0.25, -0.2) is 4.98 Å². The summed E-state index contributed by atoms with van der Waals surface area (Å²) in [5.41, 5.74) is 3.29. The number of hydrogen-bond donors (Lipinski definition) is 2. The number of nitrogens with zero attached hydrogens (tertiary/aromatic N) is 3. The number of fused-ring (bicyclic) bond motifs is 1. The molecular formula is C23H22BrN5O. The Morgan fingerprint density at radius 2 is 1.93 bits per heavy atom. The number of aromatic nitrogens is 2. The normalized spacial score (nSPS) is 14.3. The standard InChI is InChI=1S/C23H22BrN5O/c24-22-18-7-4-12-26-19(18)20(28-17-5-2-1-3-6-17)21(29-22)23(30)27-14-16-10-8-15(13-25)9-11-16/h4,7-12,17,28H,1-3,5-6,14H2,(H,27,30). The van der Waals surface area contributed by atoms with Gasteiger partial charge in [-0.3, -0.25) is 9.78 Å². The Bertz CT molecular complexity index is 1100. The molecule has 1 aliphatic rings. The summed E-state index contributed by atoms with van der Waals surface area (Å²) in [5.74, 6) is -0.258. The van der Waals surface area contributed by atoms with Crippen LogP contribution in [-0.2, 0) is 6.54 Å². The molecule has 1 fully saturated rings. The molecule has 2 aromatic heterocycles. The third-order valence-corrected chi connectivity index (χ3v) is 6.02. The van der Waals surface area contributed by atoms with Gasteiger partial charge in [0.2, 0.25) is 0 Å². The number of carbonyl (C=O) groups excluding carboxylic acids is 1. The zero-order valence-corrected chi connectivity index (χ0v) is 18.1. The fraction of sp³-hybridized carbons (Fsp3) is 0.304. The van der Waals surface area contributed by atoms with E-state index >= 15 is 0 Å². The molecule has 1 saturated carbocycles. The average molecular weight is 464 g/mol. The Morgan fingerprint density at radius 3 is 2.67 bits per heavy atom. The van der Waals surface area contributed by atoms with Crippen LogP contribution in [-0.4, -0.2) is 21.9 Å². The number of halogens is 1. The van der Waals surface area contributed by atoms with Crippen LogP contribution in [0.3, 0.4) is 0 Å². The summed E-state index contributed by atoms with van der Waals surface area (Å²) in [6.45, 7) is 0.354. The SMILES string of the molecule is N#Cc1ccc(CNC(=O)c2nc(Br)c3cccnc3c2NC2CCCCC2)cc1. The van der Waals surface area contributed by atoms with Crippen LogP contribution >= 0.6 is 15.9 Å². The highest BCUT2D eigenvalue weighted by atomic mass is 79.9. The van der Waals surface area contributed by atoms with Gasteiger partial charge in [0.25, 0.3) is 5.91 Å². The Kier molecular flexibility index (Phi) is 6.24. The first-order valence-corrected chi connectivity index (χ1v) is 10.9. The molecule has 0 saturated heterocycles. The molecule has 3 aromatic rings. The first-order chi connectivity index (χ1) is 14.7. The maximum Gasteiger partial charge on any atom is 0.272 e. The predicted octanol–water partition coefficient (Wildman–Crippen LogP) is 4.94. The molecule has 1 amide bonds. The largest absolute Gasteiger partial charge is 0.379 e. The van der Waals surface area contributed by atoms with Gasteiger partial charge in [-0.05, 0) is 58.6 Å². The Balaban J connectivity index is 1.63. The van der Waals surface area contributed by atoms with Crippen molar-refractivity contribution in [3.05, 3.63) is 64.0 Å². The quantitative estimate of drug-likeness (QED) is 0.522. The summed E-state index contributed by atoms with van der Waals surface area (Å²) < 4.78 is 0.600. The van der Waals surface area contributed by atoms with Crippen LogP contribution in [0.15, 0.2) is 47.2 Å². The topological polar surface area (TPSA) is 90.7 Å². The van der Waals surface area contributed by atoms with Gasteiger partial charge in [-0.1, -0.05) is 31.4 Å². The van der Waals surface area contributed by atoms with E-state index in [2.05, 4.69) is 42.6 Å². The first kappa shape index (κ1) is 20.3. The highest BCUT2D eigenvalue weighted by molar-refractivity contribution is 9.10. The predicted molar refractivity (Wildman–Crippen MR) is 120 cm³/mol. The van der Waals surface area contributed by atoms with E-state index in [1.165, 1.54) is 19.3 Å². The van der Waals surface area contributed by atoms with Crippen LogP contribution in [0.5, 0.6) is 0 Å². The Hall–Kier alpha value is -2.98. The monoisotopic (exact) mass is 463 g/mol. The molecule has 0 radical (unpaired) electrons. The molecule has 30 heavy (non-hydrogen) atoms. The van der Waals surface area contributed by atoms with Gasteiger partial charge in [-0.2, -0.15) is 5.26 Å². The molecule has 0 bridgehead atoms. The van der Waals surface area contributed by atoms with E-state index in [-0.39, 0.29) is 5.91 Å². The molecule has 1 aromatic carbocycles. The summed E-state index contributed by atoms with van der Waals surface area (Å²) in [6, 6.07) is 13.4. The highest BCUT2D eigenvalue weighted by Crippen LogP contribution is 2.32. The summed E-state index contributed by atoms with van der Waals surface area (Å²) in [7, 11) is 0. The van der Waals surface area contributed by atoms with Crippen LogP contribution in [0.2, 0.25) is 0 Å². The number of amides is 1. The molecular weight excluding hydrogens is 442 g/mol. The van der Waals surface area contributed by atoms with Gasteiger partial charge in [0.15, 0.2) is 5.69 Å². The van der Waals surface area contributed by atoms with E-state index in [1.54, 1.807) is 18.3 Å². The van der Waals surface area contributed by atoms with Gasteiger partial charge in [0.1, 0.15) is 4.60 Å². The molecule has 0 unspecified atom stereocenters. The second-order valence-corrected chi connectivity index (χ2v) is 8.25. The second kappa shape index (κ2) is 9.23. The zero-order valence-electron chi connectivity index (χ0n) is 16.5. The van der Waals surface area contributed by atoms with Gasteiger partial charge in [0.05, 0.1) is 22.8 Å². The van der Waals surface area contributed by atoms with Crippen molar-refractivity contribution in [2.45, 2.75) is 44.7 Å². The van der Waals surface area contributed by atoms with E-state index in [0.717, 1.165) is 29.3 Å². The minimum atomic E-state index is -0.258. The van der Waals surface area contributed by atoms with Crippen molar-refractivity contribution in [3.63, 3.8) is 0 Å². The Morgan fingerprint density at radius 1 is 1.17 bits per heavy atom. The van der Waals surface area contributed by atoms with E-state index < -0.39 is 0 Å². The van der Waals surface area contributed by atoms with Gasteiger partial charge < -0.3 is 10.6 Å². The third-order valence-electron chi connectivity index (χ3n) is 5.42. The van der Waals surface area contributed by atoms with Crippen molar-refractivity contribution in [1.82, 2.24) is 15.3 Å². The number of carbonyl (C=O) groups is 1. The van der Waals surface area contributed by atoms with Crippen LogP contribution in [0, 0.1) is 11.3 Å². The second-order valence-electron chi connectivity index (χ2n) is 7.50. The molecule has 152 valence electrons. The average Bonchev–Trinajstić information content (AvgIpc) is 2.80. The van der Waals surface area contributed by atoms with Crippen molar-refractivity contribution in [2.75, 3.05) is 5.32 Å². The van der Waals surface area contributed by atoms with E-state index in [1.807, 2.05) is 24.3 Å². The fourth-order valence-electron chi connectivity index (χ4n) is 3.81. The molecule has 0 spiro atoms. The molecule has 2 N–H and O–H groups in total. The number of pyridine rings is 2. The van der Waals surface area contributed by atoms with E-state index in [9.17, 15) is 4.79 Å². The lowest BCUT2D eigenvalue weighted by Gasteiger charge is -2.25. The van der Waals surface area contributed by atoms with Crippen molar-refractivity contribution >= 4 is 38.4 Å². The number of hydrogen-bond acceptors (Lipinski definition) is 5. The minimum absolute atomic E-state index is 0.258. The third kappa shape index (κ3) is 4.44.